The summed E-state index contributed by atoms with van der Waals surface area (Å²) >= 11 is 0. The molecule has 17 heavy (non-hydrogen) atoms. The molecule has 94 valence electrons. The van der Waals surface area contributed by atoms with E-state index in [-0.39, 0.29) is 5.75 Å². The molecular weight excluding hydrogens is 217 g/mol. The van der Waals surface area contributed by atoms with Gasteiger partial charge in [0.05, 0.1) is 0 Å². The first-order valence-electron chi connectivity index (χ1n) is 6.34. The molecule has 1 aromatic carbocycles. The monoisotopic (exact) mass is 237 g/mol. The van der Waals surface area contributed by atoms with Crippen molar-refractivity contribution in [2.75, 3.05) is 6.54 Å². The predicted octanol–water partition coefficient (Wildman–Crippen LogP) is 3.20. The third-order valence-electron chi connectivity index (χ3n) is 3.62. The molecule has 0 spiro atoms. The molecule has 0 unspecified atom stereocenters. The predicted molar refractivity (Wildman–Crippen MR) is 66.3 cm³/mol. The zero-order chi connectivity index (χ0) is 12.3. The normalized spacial score (nSPS) is 17.1. The third kappa shape index (κ3) is 2.97. The Bertz CT molecular complexity index is 388. The molecule has 0 saturated heterocycles. The van der Waals surface area contributed by atoms with Crippen LogP contribution in [0.1, 0.15) is 38.2 Å². The molecule has 0 atom stereocenters. The highest BCUT2D eigenvalue weighted by Crippen LogP contribution is 2.48. The highest BCUT2D eigenvalue weighted by Gasteiger charge is 2.40. The number of hydrogen-bond acceptors (Lipinski definition) is 2. The summed E-state index contributed by atoms with van der Waals surface area (Å²) in [7, 11) is 0. The minimum absolute atomic E-state index is 0.222. The van der Waals surface area contributed by atoms with Gasteiger partial charge in [-0.3, -0.25) is 0 Å². The standard InChI is InChI=1S/C14H20FNO/c1-2-6-14(7-8-14)10-16-9-11-4-3-5-12(15)13(11)17/h3-5,16-17H,2,6-10H2,1H3. The van der Waals surface area contributed by atoms with Crippen molar-refractivity contribution in [2.24, 2.45) is 5.41 Å². The molecule has 0 radical (unpaired) electrons. The summed E-state index contributed by atoms with van der Waals surface area (Å²) in [6, 6.07) is 4.66. The van der Waals surface area contributed by atoms with Crippen molar-refractivity contribution in [2.45, 2.75) is 39.2 Å². The van der Waals surface area contributed by atoms with Crippen molar-refractivity contribution in [3.05, 3.63) is 29.6 Å². The van der Waals surface area contributed by atoms with E-state index < -0.39 is 5.82 Å². The topological polar surface area (TPSA) is 32.3 Å². The fraction of sp³-hybridized carbons (Fsp3) is 0.571. The molecule has 1 aliphatic rings. The van der Waals surface area contributed by atoms with Gasteiger partial charge < -0.3 is 10.4 Å². The Morgan fingerprint density at radius 3 is 2.82 bits per heavy atom. The molecule has 2 N–H and O–H groups in total. The van der Waals surface area contributed by atoms with Gasteiger partial charge in [0.25, 0.3) is 0 Å². The molecule has 0 aromatic heterocycles. The summed E-state index contributed by atoms with van der Waals surface area (Å²) in [4.78, 5) is 0. The van der Waals surface area contributed by atoms with Gasteiger partial charge in [-0.25, -0.2) is 4.39 Å². The third-order valence-corrected chi connectivity index (χ3v) is 3.62. The number of phenolic OH excluding ortho intramolecular Hbond substituents is 1. The first-order chi connectivity index (χ1) is 8.17. The summed E-state index contributed by atoms with van der Waals surface area (Å²) in [5, 5.41) is 12.9. The number of aromatic hydroxyl groups is 1. The fourth-order valence-electron chi connectivity index (χ4n) is 2.39. The second-order valence-corrected chi connectivity index (χ2v) is 5.10. The van der Waals surface area contributed by atoms with Crippen molar-refractivity contribution in [1.29, 1.82) is 0 Å². The minimum atomic E-state index is -0.543. The SMILES string of the molecule is CCCC1(CNCc2cccc(F)c2O)CC1. The van der Waals surface area contributed by atoms with Crippen molar-refractivity contribution in [1.82, 2.24) is 5.32 Å². The van der Waals surface area contributed by atoms with E-state index in [1.165, 1.54) is 31.7 Å². The Balaban J connectivity index is 1.84. The first kappa shape index (κ1) is 12.4. The van der Waals surface area contributed by atoms with Crippen LogP contribution in [0.3, 0.4) is 0 Å². The van der Waals surface area contributed by atoms with Crippen LogP contribution in [0.25, 0.3) is 0 Å². The van der Waals surface area contributed by atoms with Gasteiger partial charge in [0.2, 0.25) is 0 Å². The number of para-hydroxylation sites is 1. The average molecular weight is 237 g/mol. The van der Waals surface area contributed by atoms with Crippen molar-refractivity contribution < 1.29 is 9.50 Å². The van der Waals surface area contributed by atoms with Gasteiger partial charge in [0.1, 0.15) is 0 Å². The smallest absolute Gasteiger partial charge is 0.165 e. The first-order valence-corrected chi connectivity index (χ1v) is 6.34. The van der Waals surface area contributed by atoms with E-state index in [4.69, 9.17) is 0 Å². The van der Waals surface area contributed by atoms with Gasteiger partial charge in [0, 0.05) is 18.7 Å². The maximum absolute atomic E-state index is 13.1. The number of rotatable bonds is 6. The molecule has 0 bridgehead atoms. The van der Waals surface area contributed by atoms with Crippen LogP contribution >= 0.6 is 0 Å². The fourth-order valence-corrected chi connectivity index (χ4v) is 2.39. The van der Waals surface area contributed by atoms with Gasteiger partial charge in [-0.05, 0) is 30.7 Å². The maximum Gasteiger partial charge on any atom is 0.165 e. The summed E-state index contributed by atoms with van der Waals surface area (Å²) in [6.07, 6.45) is 5.06. The van der Waals surface area contributed by atoms with E-state index in [9.17, 15) is 9.50 Å². The van der Waals surface area contributed by atoms with E-state index in [1.807, 2.05) is 0 Å². The zero-order valence-electron chi connectivity index (χ0n) is 10.3. The van der Waals surface area contributed by atoms with Gasteiger partial charge in [0.15, 0.2) is 11.6 Å². The Kier molecular flexibility index (Phi) is 3.67. The van der Waals surface area contributed by atoms with Crippen LogP contribution in [0.15, 0.2) is 18.2 Å². The summed E-state index contributed by atoms with van der Waals surface area (Å²) in [6.45, 7) is 3.71. The Morgan fingerprint density at radius 2 is 2.18 bits per heavy atom. The zero-order valence-corrected chi connectivity index (χ0v) is 10.3. The van der Waals surface area contributed by atoms with E-state index in [1.54, 1.807) is 12.1 Å². The van der Waals surface area contributed by atoms with Gasteiger partial charge in [-0.2, -0.15) is 0 Å². The van der Waals surface area contributed by atoms with Crippen LogP contribution in [0, 0.1) is 11.2 Å². The van der Waals surface area contributed by atoms with Gasteiger partial charge in [-0.15, -0.1) is 0 Å². The molecular formula is C14H20FNO. The Morgan fingerprint density at radius 1 is 1.41 bits per heavy atom. The second kappa shape index (κ2) is 5.05. The Hall–Kier alpha value is -1.09. The van der Waals surface area contributed by atoms with E-state index in [2.05, 4.69) is 12.2 Å². The number of benzene rings is 1. The van der Waals surface area contributed by atoms with E-state index in [0.717, 1.165) is 6.54 Å². The lowest BCUT2D eigenvalue weighted by atomic mass is 10.0. The van der Waals surface area contributed by atoms with Crippen LogP contribution < -0.4 is 5.32 Å². The van der Waals surface area contributed by atoms with E-state index >= 15 is 0 Å². The lowest BCUT2D eigenvalue weighted by Crippen LogP contribution is -2.23. The van der Waals surface area contributed by atoms with Crippen LogP contribution in [-0.2, 0) is 6.54 Å². The van der Waals surface area contributed by atoms with Gasteiger partial charge in [-0.1, -0.05) is 25.5 Å². The lowest BCUT2D eigenvalue weighted by Gasteiger charge is -2.15. The van der Waals surface area contributed by atoms with Crippen LogP contribution in [-0.4, -0.2) is 11.7 Å². The largest absolute Gasteiger partial charge is 0.505 e. The quantitative estimate of drug-likeness (QED) is 0.796. The maximum atomic E-state index is 13.1. The number of nitrogens with one attached hydrogen (secondary N) is 1. The number of halogens is 1. The number of hydrogen-bond donors (Lipinski definition) is 2. The van der Waals surface area contributed by atoms with Crippen LogP contribution in [0.5, 0.6) is 5.75 Å². The molecule has 3 heteroatoms. The van der Waals surface area contributed by atoms with Crippen molar-refractivity contribution in [3.8, 4) is 5.75 Å². The molecule has 1 aliphatic carbocycles. The van der Waals surface area contributed by atoms with Crippen LogP contribution in [0.2, 0.25) is 0 Å². The molecule has 2 nitrogen and oxygen atoms in total. The lowest BCUT2D eigenvalue weighted by molar-refractivity contribution is 0.404. The van der Waals surface area contributed by atoms with E-state index in [0.29, 0.717) is 17.5 Å². The molecule has 0 aliphatic heterocycles. The van der Waals surface area contributed by atoms with Crippen LogP contribution in [0.4, 0.5) is 4.39 Å². The molecule has 2 rings (SSSR count). The summed E-state index contributed by atoms with van der Waals surface area (Å²) < 4.78 is 13.1. The average Bonchev–Trinajstić information content (AvgIpc) is 3.05. The molecule has 1 aromatic rings. The summed E-state index contributed by atoms with van der Waals surface area (Å²) in [5.74, 6) is -0.765. The van der Waals surface area contributed by atoms with Gasteiger partial charge >= 0.3 is 0 Å². The van der Waals surface area contributed by atoms with Crippen molar-refractivity contribution >= 4 is 0 Å². The Labute approximate surface area is 102 Å². The minimum Gasteiger partial charge on any atom is -0.505 e. The highest BCUT2D eigenvalue weighted by molar-refractivity contribution is 5.33. The molecule has 1 fully saturated rings. The summed E-state index contributed by atoms with van der Waals surface area (Å²) in [5.41, 5.74) is 1.12. The highest BCUT2D eigenvalue weighted by atomic mass is 19.1. The van der Waals surface area contributed by atoms with Crippen molar-refractivity contribution in [3.63, 3.8) is 0 Å². The second-order valence-electron chi connectivity index (χ2n) is 5.10. The number of phenols is 1. The molecule has 0 amide bonds. The molecule has 1 saturated carbocycles. The molecule has 0 heterocycles.